The van der Waals surface area contributed by atoms with Crippen LogP contribution in [-0.2, 0) is 13.0 Å². The fraction of sp³-hybridized carbons (Fsp3) is 0.227. The van der Waals surface area contributed by atoms with Crippen LogP contribution in [0.25, 0.3) is 0 Å². The number of nitrogens with zero attached hydrogens (tertiary/aromatic N) is 2. The molecule has 0 atom stereocenters. The Morgan fingerprint density at radius 1 is 1.03 bits per heavy atom. The number of fused-ring (bicyclic) bond motifs is 1. The standard InChI is InChI=1S/C22H21FN4O2/c1-14-7-2-3-10-17(14)25-22(29)20-26-19(18-11-4-5-12-27(18)20)21(28)24-16-9-6-8-15(23)13-16/h2-3,6-10,13H,4-5,11-12H2,1H3,(H,24,28)(H,25,29). The van der Waals surface area contributed by atoms with E-state index in [2.05, 4.69) is 15.6 Å². The average molecular weight is 392 g/mol. The number of hydrogen-bond acceptors (Lipinski definition) is 3. The summed E-state index contributed by atoms with van der Waals surface area (Å²) < 4.78 is 15.2. The van der Waals surface area contributed by atoms with Crippen molar-refractivity contribution in [3.63, 3.8) is 0 Å². The van der Waals surface area contributed by atoms with Gasteiger partial charge in [-0.1, -0.05) is 24.3 Å². The van der Waals surface area contributed by atoms with Crippen molar-refractivity contribution >= 4 is 23.2 Å². The monoisotopic (exact) mass is 392 g/mol. The molecule has 0 fully saturated rings. The molecule has 4 rings (SSSR count). The van der Waals surface area contributed by atoms with E-state index in [0.29, 0.717) is 24.3 Å². The van der Waals surface area contributed by atoms with Gasteiger partial charge in [0, 0.05) is 17.9 Å². The lowest BCUT2D eigenvalue weighted by Gasteiger charge is -2.17. The van der Waals surface area contributed by atoms with Crippen LogP contribution >= 0.6 is 0 Å². The maximum absolute atomic E-state index is 13.4. The first kappa shape index (κ1) is 18.9. The first-order chi connectivity index (χ1) is 14.0. The Bertz CT molecular complexity index is 1090. The van der Waals surface area contributed by atoms with Crippen molar-refractivity contribution in [2.24, 2.45) is 0 Å². The highest BCUT2D eigenvalue weighted by molar-refractivity contribution is 6.07. The molecular weight excluding hydrogens is 371 g/mol. The Morgan fingerprint density at radius 3 is 2.66 bits per heavy atom. The summed E-state index contributed by atoms with van der Waals surface area (Å²) in [6, 6.07) is 13.2. The van der Waals surface area contributed by atoms with E-state index in [4.69, 9.17) is 0 Å². The van der Waals surface area contributed by atoms with E-state index in [-0.39, 0.29) is 17.4 Å². The number of hydrogen-bond donors (Lipinski definition) is 2. The molecule has 0 spiro atoms. The molecule has 1 aliphatic heterocycles. The smallest absolute Gasteiger partial charge is 0.291 e. The molecule has 0 saturated carbocycles. The molecular formula is C22H21FN4O2. The van der Waals surface area contributed by atoms with E-state index >= 15 is 0 Å². The van der Waals surface area contributed by atoms with Crippen molar-refractivity contribution in [1.82, 2.24) is 9.55 Å². The Labute approximate surface area is 167 Å². The SMILES string of the molecule is Cc1ccccc1NC(=O)c1nc(C(=O)Nc2cccc(F)c2)c2n1CCCC2. The van der Waals surface area contributed by atoms with E-state index in [1.54, 1.807) is 6.07 Å². The maximum Gasteiger partial charge on any atom is 0.291 e. The zero-order chi connectivity index (χ0) is 20.4. The molecule has 2 heterocycles. The Balaban J connectivity index is 1.64. The van der Waals surface area contributed by atoms with Gasteiger partial charge in [-0.2, -0.15) is 0 Å². The van der Waals surface area contributed by atoms with Crippen LogP contribution in [0.15, 0.2) is 48.5 Å². The van der Waals surface area contributed by atoms with E-state index < -0.39 is 11.7 Å². The van der Waals surface area contributed by atoms with E-state index in [9.17, 15) is 14.0 Å². The van der Waals surface area contributed by atoms with Gasteiger partial charge in [-0.15, -0.1) is 0 Å². The summed E-state index contributed by atoms with van der Waals surface area (Å²) in [4.78, 5) is 30.1. The molecule has 0 radical (unpaired) electrons. The van der Waals surface area contributed by atoms with Gasteiger partial charge in [0.25, 0.3) is 11.8 Å². The highest BCUT2D eigenvalue weighted by atomic mass is 19.1. The summed E-state index contributed by atoms with van der Waals surface area (Å²) in [6.45, 7) is 2.54. The number of benzene rings is 2. The molecule has 0 aliphatic carbocycles. The summed E-state index contributed by atoms with van der Waals surface area (Å²) in [7, 11) is 0. The van der Waals surface area contributed by atoms with Gasteiger partial charge in [-0.05, 0) is 56.0 Å². The molecule has 2 amide bonds. The molecule has 7 heteroatoms. The van der Waals surface area contributed by atoms with Crippen LogP contribution in [-0.4, -0.2) is 21.4 Å². The van der Waals surface area contributed by atoms with Crippen LogP contribution in [0.2, 0.25) is 0 Å². The average Bonchev–Trinajstić information content (AvgIpc) is 3.10. The summed E-state index contributed by atoms with van der Waals surface area (Å²) in [5.41, 5.74) is 2.94. The quantitative estimate of drug-likeness (QED) is 0.700. The lowest BCUT2D eigenvalue weighted by Crippen LogP contribution is -2.21. The number of nitrogens with one attached hydrogen (secondary N) is 2. The van der Waals surface area contributed by atoms with Gasteiger partial charge in [0.2, 0.25) is 0 Å². The van der Waals surface area contributed by atoms with Crippen LogP contribution < -0.4 is 10.6 Å². The molecule has 0 unspecified atom stereocenters. The van der Waals surface area contributed by atoms with Crippen molar-refractivity contribution in [3.05, 3.63) is 77.1 Å². The lowest BCUT2D eigenvalue weighted by molar-refractivity contribution is 0.101. The number of anilines is 2. The van der Waals surface area contributed by atoms with Crippen LogP contribution in [0.4, 0.5) is 15.8 Å². The van der Waals surface area contributed by atoms with Gasteiger partial charge < -0.3 is 15.2 Å². The Hall–Kier alpha value is -3.48. The number of para-hydroxylation sites is 1. The highest BCUT2D eigenvalue weighted by Crippen LogP contribution is 2.23. The summed E-state index contributed by atoms with van der Waals surface area (Å²) in [6.07, 6.45) is 2.50. The Morgan fingerprint density at radius 2 is 1.86 bits per heavy atom. The maximum atomic E-state index is 13.4. The van der Waals surface area contributed by atoms with Crippen molar-refractivity contribution in [3.8, 4) is 0 Å². The lowest BCUT2D eigenvalue weighted by atomic mass is 10.1. The van der Waals surface area contributed by atoms with E-state index in [0.717, 1.165) is 24.1 Å². The second-order valence-electron chi connectivity index (χ2n) is 7.07. The number of rotatable bonds is 4. The molecule has 6 nitrogen and oxygen atoms in total. The normalized spacial score (nSPS) is 12.9. The third-order valence-electron chi connectivity index (χ3n) is 5.01. The van der Waals surface area contributed by atoms with Gasteiger partial charge in [0.1, 0.15) is 5.82 Å². The van der Waals surface area contributed by atoms with Crippen molar-refractivity contribution in [2.45, 2.75) is 32.7 Å². The number of imidazole rings is 1. The molecule has 148 valence electrons. The van der Waals surface area contributed by atoms with E-state index in [1.807, 2.05) is 35.8 Å². The molecule has 29 heavy (non-hydrogen) atoms. The first-order valence-corrected chi connectivity index (χ1v) is 9.56. The van der Waals surface area contributed by atoms with Gasteiger partial charge >= 0.3 is 0 Å². The number of carbonyl (C=O) groups excluding carboxylic acids is 2. The minimum atomic E-state index is -0.448. The van der Waals surface area contributed by atoms with Gasteiger partial charge in [-0.3, -0.25) is 9.59 Å². The van der Waals surface area contributed by atoms with Crippen LogP contribution in [0, 0.1) is 12.7 Å². The molecule has 1 aromatic heterocycles. The first-order valence-electron chi connectivity index (χ1n) is 9.56. The van der Waals surface area contributed by atoms with Crippen LogP contribution in [0.5, 0.6) is 0 Å². The van der Waals surface area contributed by atoms with Crippen molar-refractivity contribution in [1.29, 1.82) is 0 Å². The second-order valence-corrected chi connectivity index (χ2v) is 7.07. The van der Waals surface area contributed by atoms with Gasteiger partial charge in [0.15, 0.2) is 11.5 Å². The number of amides is 2. The predicted octanol–water partition coefficient (Wildman–Crippen LogP) is 4.17. The highest BCUT2D eigenvalue weighted by Gasteiger charge is 2.27. The molecule has 1 aliphatic rings. The molecule has 0 bridgehead atoms. The summed E-state index contributed by atoms with van der Waals surface area (Å²) in [5, 5.41) is 5.56. The topological polar surface area (TPSA) is 76.0 Å². The molecule has 2 N–H and O–H groups in total. The van der Waals surface area contributed by atoms with Crippen molar-refractivity contribution < 1.29 is 14.0 Å². The third-order valence-corrected chi connectivity index (χ3v) is 5.01. The fourth-order valence-electron chi connectivity index (χ4n) is 3.55. The molecule has 3 aromatic rings. The Kier molecular flexibility index (Phi) is 5.12. The van der Waals surface area contributed by atoms with Crippen LogP contribution in [0.1, 0.15) is 45.2 Å². The predicted molar refractivity (Wildman–Crippen MR) is 109 cm³/mol. The largest absolute Gasteiger partial charge is 0.323 e. The zero-order valence-electron chi connectivity index (χ0n) is 16.0. The summed E-state index contributed by atoms with van der Waals surface area (Å²) >= 11 is 0. The zero-order valence-corrected chi connectivity index (χ0v) is 16.0. The summed E-state index contributed by atoms with van der Waals surface area (Å²) in [5.74, 6) is -1.02. The van der Waals surface area contributed by atoms with Crippen molar-refractivity contribution in [2.75, 3.05) is 10.6 Å². The van der Waals surface area contributed by atoms with E-state index in [1.165, 1.54) is 18.2 Å². The minimum absolute atomic E-state index is 0.212. The molecule has 0 saturated heterocycles. The number of aromatic nitrogens is 2. The number of halogens is 1. The molecule has 2 aromatic carbocycles. The van der Waals surface area contributed by atoms with Gasteiger partial charge in [0.05, 0.1) is 5.69 Å². The fourth-order valence-corrected chi connectivity index (χ4v) is 3.55. The third kappa shape index (κ3) is 3.89. The number of aryl methyl sites for hydroxylation is 1. The van der Waals surface area contributed by atoms with Crippen LogP contribution in [0.3, 0.4) is 0 Å². The second kappa shape index (κ2) is 7.87. The number of carbonyl (C=O) groups is 2. The van der Waals surface area contributed by atoms with Gasteiger partial charge in [-0.25, -0.2) is 9.37 Å². The minimum Gasteiger partial charge on any atom is -0.323 e.